The summed E-state index contributed by atoms with van der Waals surface area (Å²) < 4.78 is 5.16. The van der Waals surface area contributed by atoms with Crippen LogP contribution in [0, 0.1) is 0 Å². The average Bonchev–Trinajstić information content (AvgIpc) is 2.42. The maximum atomic E-state index is 11.8. The number of hydrogen-bond acceptors (Lipinski definition) is 3. The first-order valence-corrected chi connectivity index (χ1v) is 5.90. The second-order valence-electron chi connectivity index (χ2n) is 3.82. The summed E-state index contributed by atoms with van der Waals surface area (Å²) in [7, 11) is 1.55. The Bertz CT molecular complexity index is 482. The van der Waals surface area contributed by atoms with E-state index < -0.39 is 5.97 Å². The molecular weight excluding hydrogens is 246 g/mol. The number of carboxylic acid groups (broad SMARTS) is 1. The molecule has 1 aromatic carbocycles. The van der Waals surface area contributed by atoms with Crippen LogP contribution in [0.4, 0.5) is 0 Å². The van der Waals surface area contributed by atoms with Crippen LogP contribution in [-0.2, 0) is 9.59 Å². The number of amides is 1. The van der Waals surface area contributed by atoms with Gasteiger partial charge in [-0.2, -0.15) is 0 Å². The fourth-order valence-electron chi connectivity index (χ4n) is 1.58. The molecule has 0 fully saturated rings. The highest BCUT2D eigenvalue weighted by atomic mass is 16.5. The summed E-state index contributed by atoms with van der Waals surface area (Å²) in [5, 5.41) is 8.69. The third kappa shape index (κ3) is 4.46. The molecule has 0 unspecified atom stereocenters. The third-order valence-corrected chi connectivity index (χ3v) is 2.56. The number of carboxylic acids is 1. The largest absolute Gasteiger partial charge is 0.496 e. The Balaban J connectivity index is 2.79. The first kappa shape index (κ1) is 14.8. The van der Waals surface area contributed by atoms with E-state index in [-0.39, 0.29) is 12.5 Å². The Morgan fingerprint density at radius 3 is 2.63 bits per heavy atom. The van der Waals surface area contributed by atoms with Crippen molar-refractivity contribution in [2.24, 2.45) is 0 Å². The van der Waals surface area contributed by atoms with E-state index in [1.54, 1.807) is 26.2 Å². The zero-order valence-corrected chi connectivity index (χ0v) is 11.0. The Morgan fingerprint density at radius 2 is 2.05 bits per heavy atom. The smallest absolute Gasteiger partial charge is 0.323 e. The lowest BCUT2D eigenvalue weighted by molar-refractivity contribution is -0.142. The minimum atomic E-state index is -1.03. The van der Waals surface area contributed by atoms with E-state index >= 15 is 0 Å². The molecule has 5 nitrogen and oxygen atoms in total. The molecule has 19 heavy (non-hydrogen) atoms. The van der Waals surface area contributed by atoms with Gasteiger partial charge in [-0.3, -0.25) is 9.59 Å². The molecule has 0 aliphatic carbocycles. The number of carbonyl (C=O) groups excluding carboxylic acids is 1. The van der Waals surface area contributed by atoms with E-state index in [9.17, 15) is 9.59 Å². The average molecular weight is 263 g/mol. The van der Waals surface area contributed by atoms with E-state index in [1.807, 2.05) is 18.2 Å². The summed E-state index contributed by atoms with van der Waals surface area (Å²) in [6.45, 7) is 1.78. The van der Waals surface area contributed by atoms with Gasteiger partial charge in [-0.05, 0) is 19.1 Å². The lowest BCUT2D eigenvalue weighted by Crippen LogP contribution is -2.34. The zero-order valence-electron chi connectivity index (χ0n) is 11.0. The Labute approximate surface area is 112 Å². The Morgan fingerprint density at radius 1 is 1.37 bits per heavy atom. The van der Waals surface area contributed by atoms with Crippen molar-refractivity contribution < 1.29 is 19.4 Å². The number of methoxy groups -OCH3 is 1. The van der Waals surface area contributed by atoms with Gasteiger partial charge in [0.25, 0.3) is 0 Å². The van der Waals surface area contributed by atoms with Gasteiger partial charge in [-0.1, -0.05) is 18.2 Å². The highest BCUT2D eigenvalue weighted by molar-refractivity contribution is 5.93. The number of para-hydroxylation sites is 1. The van der Waals surface area contributed by atoms with Gasteiger partial charge in [0.1, 0.15) is 12.3 Å². The molecule has 0 atom stereocenters. The van der Waals surface area contributed by atoms with E-state index in [0.717, 1.165) is 5.56 Å². The van der Waals surface area contributed by atoms with Gasteiger partial charge in [-0.25, -0.2) is 0 Å². The summed E-state index contributed by atoms with van der Waals surface area (Å²) in [5.74, 6) is -0.704. The number of aliphatic carboxylic acids is 1. The second kappa shape index (κ2) is 7.20. The fourth-order valence-corrected chi connectivity index (χ4v) is 1.58. The molecule has 1 N–H and O–H groups in total. The third-order valence-electron chi connectivity index (χ3n) is 2.56. The molecule has 0 heterocycles. The summed E-state index contributed by atoms with van der Waals surface area (Å²) in [4.78, 5) is 23.7. The monoisotopic (exact) mass is 263 g/mol. The molecule has 102 valence electrons. The molecule has 0 saturated heterocycles. The predicted molar refractivity (Wildman–Crippen MR) is 71.9 cm³/mol. The van der Waals surface area contributed by atoms with Crippen LogP contribution < -0.4 is 4.74 Å². The number of ether oxygens (including phenoxy) is 1. The van der Waals surface area contributed by atoms with Crippen LogP contribution in [0.5, 0.6) is 5.75 Å². The first-order chi connectivity index (χ1) is 9.08. The van der Waals surface area contributed by atoms with Crippen molar-refractivity contribution in [2.75, 3.05) is 20.2 Å². The summed E-state index contributed by atoms with van der Waals surface area (Å²) in [5.41, 5.74) is 0.768. The van der Waals surface area contributed by atoms with Crippen LogP contribution in [-0.4, -0.2) is 42.1 Å². The zero-order chi connectivity index (χ0) is 14.3. The molecule has 0 bridgehead atoms. The van der Waals surface area contributed by atoms with Gasteiger partial charge >= 0.3 is 5.97 Å². The van der Waals surface area contributed by atoms with Crippen molar-refractivity contribution in [1.82, 2.24) is 4.90 Å². The van der Waals surface area contributed by atoms with E-state index in [4.69, 9.17) is 9.84 Å². The van der Waals surface area contributed by atoms with Gasteiger partial charge in [-0.15, -0.1) is 0 Å². The molecular formula is C14H17NO4. The Kier molecular flexibility index (Phi) is 5.60. The van der Waals surface area contributed by atoms with Crippen LogP contribution in [0.3, 0.4) is 0 Å². The fraction of sp³-hybridized carbons (Fsp3) is 0.286. The van der Waals surface area contributed by atoms with Crippen molar-refractivity contribution in [1.29, 1.82) is 0 Å². The summed E-state index contributed by atoms with van der Waals surface area (Å²) >= 11 is 0. The van der Waals surface area contributed by atoms with Gasteiger partial charge in [0.05, 0.1) is 7.11 Å². The molecule has 1 rings (SSSR count). The van der Waals surface area contributed by atoms with E-state index in [1.165, 1.54) is 11.0 Å². The van der Waals surface area contributed by atoms with Crippen molar-refractivity contribution in [3.8, 4) is 5.75 Å². The summed E-state index contributed by atoms with van der Waals surface area (Å²) in [6, 6.07) is 7.28. The van der Waals surface area contributed by atoms with Crippen molar-refractivity contribution >= 4 is 18.0 Å². The SMILES string of the molecule is CCN(CC(=O)O)C(=O)/C=C/c1ccccc1OC. The molecule has 0 aromatic heterocycles. The van der Waals surface area contributed by atoms with Gasteiger partial charge in [0.2, 0.25) is 5.91 Å². The number of likely N-dealkylation sites (N-methyl/N-ethyl adjacent to an activating group) is 1. The normalized spacial score (nSPS) is 10.4. The van der Waals surface area contributed by atoms with Crippen LogP contribution in [0.15, 0.2) is 30.3 Å². The van der Waals surface area contributed by atoms with E-state index in [2.05, 4.69) is 0 Å². The second-order valence-corrected chi connectivity index (χ2v) is 3.82. The van der Waals surface area contributed by atoms with Crippen LogP contribution in [0.1, 0.15) is 12.5 Å². The maximum Gasteiger partial charge on any atom is 0.323 e. The molecule has 0 spiro atoms. The molecule has 0 aliphatic rings. The number of hydrogen-bond donors (Lipinski definition) is 1. The van der Waals surface area contributed by atoms with Gasteiger partial charge in [0, 0.05) is 18.2 Å². The molecule has 5 heteroatoms. The lowest BCUT2D eigenvalue weighted by atomic mass is 10.2. The molecule has 1 amide bonds. The van der Waals surface area contributed by atoms with E-state index in [0.29, 0.717) is 12.3 Å². The Hall–Kier alpha value is -2.30. The molecule has 0 saturated carbocycles. The predicted octanol–water partition coefficient (Wildman–Crippen LogP) is 1.64. The minimum Gasteiger partial charge on any atom is -0.496 e. The summed E-state index contributed by atoms with van der Waals surface area (Å²) in [6.07, 6.45) is 2.97. The van der Waals surface area contributed by atoms with Crippen molar-refractivity contribution in [3.05, 3.63) is 35.9 Å². The number of carbonyl (C=O) groups is 2. The van der Waals surface area contributed by atoms with Crippen LogP contribution in [0.25, 0.3) is 6.08 Å². The first-order valence-electron chi connectivity index (χ1n) is 5.90. The molecule has 1 aromatic rings. The topological polar surface area (TPSA) is 66.8 Å². The minimum absolute atomic E-state index is 0.300. The highest BCUT2D eigenvalue weighted by Crippen LogP contribution is 2.18. The lowest BCUT2D eigenvalue weighted by Gasteiger charge is -2.16. The van der Waals surface area contributed by atoms with Crippen LogP contribution >= 0.6 is 0 Å². The maximum absolute atomic E-state index is 11.8. The van der Waals surface area contributed by atoms with Gasteiger partial charge in [0.15, 0.2) is 0 Å². The quantitative estimate of drug-likeness (QED) is 0.792. The van der Waals surface area contributed by atoms with Gasteiger partial charge < -0.3 is 14.7 Å². The number of rotatable bonds is 6. The molecule has 0 radical (unpaired) electrons. The standard InChI is InChI=1S/C14H17NO4/c1-3-15(10-14(17)18)13(16)9-8-11-6-4-5-7-12(11)19-2/h4-9H,3,10H2,1-2H3,(H,17,18)/b9-8+. The highest BCUT2D eigenvalue weighted by Gasteiger charge is 2.11. The number of nitrogens with zero attached hydrogens (tertiary/aromatic N) is 1. The van der Waals surface area contributed by atoms with Crippen molar-refractivity contribution in [2.45, 2.75) is 6.92 Å². The van der Waals surface area contributed by atoms with Crippen molar-refractivity contribution in [3.63, 3.8) is 0 Å². The molecule has 0 aliphatic heterocycles. The number of benzene rings is 1. The van der Waals surface area contributed by atoms with Crippen LogP contribution in [0.2, 0.25) is 0 Å².